The van der Waals surface area contributed by atoms with Crippen LogP contribution in [0.25, 0.3) is 11.0 Å². The molecule has 1 N–H and O–H groups in total. The fraction of sp³-hybridized carbons (Fsp3) is 0.412. The number of benzene rings is 1. The van der Waals surface area contributed by atoms with Crippen molar-refractivity contribution >= 4 is 16.9 Å². The van der Waals surface area contributed by atoms with Gasteiger partial charge in [-0.3, -0.25) is 4.79 Å². The van der Waals surface area contributed by atoms with Crippen LogP contribution < -0.4 is 15.7 Å². The van der Waals surface area contributed by atoms with Gasteiger partial charge in [0.2, 0.25) is 0 Å². The Labute approximate surface area is 133 Å². The Kier molecular flexibility index (Phi) is 4.62. The third-order valence-corrected chi connectivity index (χ3v) is 3.88. The molecule has 6 heteroatoms. The lowest BCUT2D eigenvalue weighted by molar-refractivity contribution is -0.124. The Morgan fingerprint density at radius 1 is 1.39 bits per heavy atom. The van der Waals surface area contributed by atoms with Crippen molar-refractivity contribution in [3.63, 3.8) is 0 Å². The second-order valence-electron chi connectivity index (χ2n) is 5.65. The zero-order chi connectivity index (χ0) is 16.2. The summed E-state index contributed by atoms with van der Waals surface area (Å²) in [5, 5.41) is 3.68. The fourth-order valence-electron chi connectivity index (χ4n) is 2.67. The lowest BCUT2D eigenvalue weighted by Crippen LogP contribution is -2.42. The summed E-state index contributed by atoms with van der Waals surface area (Å²) in [6.07, 6.45) is 2.07. The van der Waals surface area contributed by atoms with Gasteiger partial charge in [0.05, 0.1) is 12.1 Å². The number of carbonyl (C=O) groups is 1. The molecule has 0 aliphatic carbocycles. The third-order valence-electron chi connectivity index (χ3n) is 3.88. The summed E-state index contributed by atoms with van der Waals surface area (Å²) < 4.78 is 16.1. The van der Waals surface area contributed by atoms with Crippen LogP contribution in [0.4, 0.5) is 0 Å². The molecular weight excluding hydrogens is 298 g/mol. The van der Waals surface area contributed by atoms with Crippen LogP contribution in [0.15, 0.2) is 39.5 Å². The second kappa shape index (κ2) is 6.83. The molecule has 1 aliphatic heterocycles. The van der Waals surface area contributed by atoms with Crippen molar-refractivity contribution in [3.05, 3.63) is 40.8 Å². The van der Waals surface area contributed by atoms with E-state index in [9.17, 15) is 9.59 Å². The predicted molar refractivity (Wildman–Crippen MR) is 84.6 cm³/mol. The molecule has 2 unspecified atom stereocenters. The molecule has 1 aromatic carbocycles. The van der Waals surface area contributed by atoms with Crippen molar-refractivity contribution < 1.29 is 18.7 Å². The number of hydrogen-bond donors (Lipinski definition) is 1. The highest BCUT2D eigenvalue weighted by atomic mass is 16.5. The van der Waals surface area contributed by atoms with Crippen molar-refractivity contribution in [1.29, 1.82) is 0 Å². The Hall–Kier alpha value is -2.34. The molecule has 0 bridgehead atoms. The van der Waals surface area contributed by atoms with Crippen LogP contribution in [0.3, 0.4) is 0 Å². The molecule has 3 rings (SSSR count). The maximum absolute atomic E-state index is 11.9. The van der Waals surface area contributed by atoms with E-state index in [1.54, 1.807) is 24.3 Å². The van der Waals surface area contributed by atoms with Gasteiger partial charge >= 0.3 is 5.63 Å². The average molecular weight is 317 g/mol. The molecule has 2 aromatic rings. The van der Waals surface area contributed by atoms with Gasteiger partial charge in [0, 0.05) is 24.1 Å². The van der Waals surface area contributed by atoms with Gasteiger partial charge in [-0.15, -0.1) is 0 Å². The van der Waals surface area contributed by atoms with Gasteiger partial charge in [-0.25, -0.2) is 4.79 Å². The Balaban J connectivity index is 1.57. The van der Waals surface area contributed by atoms with Crippen molar-refractivity contribution in [2.24, 2.45) is 0 Å². The van der Waals surface area contributed by atoms with E-state index in [1.807, 2.05) is 6.92 Å². The van der Waals surface area contributed by atoms with E-state index in [1.165, 1.54) is 6.07 Å². The highest BCUT2D eigenvalue weighted by Gasteiger charge is 2.23. The number of ether oxygens (including phenoxy) is 2. The van der Waals surface area contributed by atoms with Crippen LogP contribution in [-0.2, 0) is 9.53 Å². The molecule has 1 saturated heterocycles. The van der Waals surface area contributed by atoms with Crippen LogP contribution >= 0.6 is 0 Å². The lowest BCUT2D eigenvalue weighted by atomic mass is 10.1. The smallest absolute Gasteiger partial charge is 0.336 e. The summed E-state index contributed by atoms with van der Waals surface area (Å²) in [5.74, 6) is 0.273. The average Bonchev–Trinajstić information content (AvgIpc) is 3.07. The van der Waals surface area contributed by atoms with E-state index in [0.717, 1.165) is 24.8 Å². The molecule has 0 saturated carbocycles. The highest BCUT2D eigenvalue weighted by molar-refractivity contribution is 5.79. The molecule has 0 spiro atoms. The topological polar surface area (TPSA) is 77.8 Å². The van der Waals surface area contributed by atoms with E-state index in [-0.39, 0.29) is 24.7 Å². The minimum atomic E-state index is -0.419. The Morgan fingerprint density at radius 3 is 3.00 bits per heavy atom. The quantitative estimate of drug-likeness (QED) is 0.852. The predicted octanol–water partition coefficient (Wildman–Crippen LogP) is 1.86. The maximum Gasteiger partial charge on any atom is 0.336 e. The third kappa shape index (κ3) is 3.90. The number of carbonyl (C=O) groups excluding carboxylic acids is 1. The fourth-order valence-corrected chi connectivity index (χ4v) is 2.67. The second-order valence-corrected chi connectivity index (χ2v) is 5.65. The first-order valence-corrected chi connectivity index (χ1v) is 7.69. The molecular formula is C17H19NO5. The summed E-state index contributed by atoms with van der Waals surface area (Å²) in [6.45, 7) is 2.59. The van der Waals surface area contributed by atoms with E-state index in [2.05, 4.69) is 5.32 Å². The van der Waals surface area contributed by atoms with Crippen LogP contribution in [-0.4, -0.2) is 31.3 Å². The van der Waals surface area contributed by atoms with Gasteiger partial charge < -0.3 is 19.2 Å². The Morgan fingerprint density at radius 2 is 2.22 bits per heavy atom. The van der Waals surface area contributed by atoms with Crippen LogP contribution in [0.2, 0.25) is 0 Å². The van der Waals surface area contributed by atoms with Crippen LogP contribution in [0.5, 0.6) is 5.75 Å². The number of fused-ring (bicyclic) bond motifs is 1. The summed E-state index contributed by atoms with van der Waals surface area (Å²) in [4.78, 5) is 23.2. The first-order valence-electron chi connectivity index (χ1n) is 7.69. The molecule has 1 amide bonds. The monoisotopic (exact) mass is 317 g/mol. The molecule has 1 aliphatic rings. The molecule has 23 heavy (non-hydrogen) atoms. The number of amides is 1. The van der Waals surface area contributed by atoms with Gasteiger partial charge in [0.1, 0.15) is 11.3 Å². The normalized spacial score (nSPS) is 18.7. The molecule has 2 heterocycles. The van der Waals surface area contributed by atoms with Gasteiger partial charge in [0.25, 0.3) is 5.91 Å². The van der Waals surface area contributed by atoms with Gasteiger partial charge in [-0.2, -0.15) is 0 Å². The zero-order valence-electron chi connectivity index (χ0n) is 12.9. The van der Waals surface area contributed by atoms with Crippen LogP contribution in [0, 0.1) is 0 Å². The highest BCUT2D eigenvalue weighted by Crippen LogP contribution is 2.19. The van der Waals surface area contributed by atoms with Crippen molar-refractivity contribution in [2.75, 3.05) is 13.2 Å². The van der Waals surface area contributed by atoms with Gasteiger partial charge in [-0.05, 0) is 38.0 Å². The van der Waals surface area contributed by atoms with Crippen molar-refractivity contribution in [2.45, 2.75) is 31.9 Å². The summed E-state index contributed by atoms with van der Waals surface area (Å²) in [7, 11) is 0. The SMILES string of the molecule is CC(NC(=O)COc1ccc2ccc(=O)oc2c1)C1CCCO1. The zero-order valence-corrected chi connectivity index (χ0v) is 12.9. The molecule has 1 aromatic heterocycles. The summed E-state index contributed by atoms with van der Waals surface area (Å²) in [6, 6.07) is 8.12. The van der Waals surface area contributed by atoms with Gasteiger partial charge in [-0.1, -0.05) is 0 Å². The standard InChI is InChI=1S/C17H19NO5/c1-11(14-3-2-8-21-14)18-16(19)10-22-13-6-4-12-5-7-17(20)23-15(12)9-13/h4-7,9,11,14H,2-3,8,10H2,1H3,(H,18,19). The minimum absolute atomic E-state index is 0.0387. The first kappa shape index (κ1) is 15.6. The summed E-state index contributed by atoms with van der Waals surface area (Å²) >= 11 is 0. The lowest BCUT2D eigenvalue weighted by Gasteiger charge is -2.20. The van der Waals surface area contributed by atoms with E-state index >= 15 is 0 Å². The number of rotatable bonds is 5. The van der Waals surface area contributed by atoms with Gasteiger partial charge in [0.15, 0.2) is 6.61 Å². The first-order chi connectivity index (χ1) is 11.1. The van der Waals surface area contributed by atoms with E-state index in [4.69, 9.17) is 13.9 Å². The van der Waals surface area contributed by atoms with E-state index in [0.29, 0.717) is 11.3 Å². The van der Waals surface area contributed by atoms with Crippen molar-refractivity contribution in [3.8, 4) is 5.75 Å². The van der Waals surface area contributed by atoms with Crippen LogP contribution in [0.1, 0.15) is 19.8 Å². The molecule has 2 atom stereocenters. The Bertz CT molecular complexity index is 748. The molecule has 122 valence electrons. The maximum atomic E-state index is 11.9. The molecule has 6 nitrogen and oxygen atoms in total. The summed E-state index contributed by atoms with van der Waals surface area (Å²) in [5.41, 5.74) is 0.0147. The number of hydrogen-bond acceptors (Lipinski definition) is 5. The van der Waals surface area contributed by atoms with Crippen molar-refractivity contribution in [1.82, 2.24) is 5.32 Å². The molecule has 0 radical (unpaired) electrons. The largest absolute Gasteiger partial charge is 0.484 e. The molecule has 1 fully saturated rings. The number of nitrogens with one attached hydrogen (secondary N) is 1. The minimum Gasteiger partial charge on any atom is -0.484 e. The van der Waals surface area contributed by atoms with E-state index < -0.39 is 5.63 Å².